The van der Waals surface area contributed by atoms with Crippen molar-refractivity contribution in [2.75, 3.05) is 11.9 Å². The highest BCUT2D eigenvalue weighted by Gasteiger charge is 2.34. The molecule has 1 aromatic carbocycles. The number of alkyl halides is 3. The molecule has 1 aliphatic rings. The summed E-state index contributed by atoms with van der Waals surface area (Å²) in [6.45, 7) is 2.30. The zero-order chi connectivity index (χ0) is 21.9. The minimum absolute atomic E-state index is 0.125. The molecule has 0 radical (unpaired) electrons. The quantitative estimate of drug-likeness (QED) is 0.741. The van der Waals surface area contributed by atoms with E-state index in [4.69, 9.17) is 0 Å². The predicted octanol–water partition coefficient (Wildman–Crippen LogP) is 4.69. The van der Waals surface area contributed by atoms with Crippen molar-refractivity contribution in [2.45, 2.75) is 25.9 Å². The number of benzene rings is 1. The number of allylic oxidation sites excluding steroid dienone is 4. The molecule has 0 saturated heterocycles. The van der Waals surface area contributed by atoms with Gasteiger partial charge in [-0.2, -0.15) is 13.2 Å². The number of carbonyl (C=O) groups is 2. The van der Waals surface area contributed by atoms with E-state index in [2.05, 4.69) is 10.6 Å². The van der Waals surface area contributed by atoms with Crippen LogP contribution in [0.15, 0.2) is 54.3 Å². The van der Waals surface area contributed by atoms with Gasteiger partial charge >= 0.3 is 6.18 Å². The fraction of sp³-hybridized carbons (Fsp3) is 0.273. The van der Waals surface area contributed by atoms with Gasteiger partial charge in [0.15, 0.2) is 0 Å². The van der Waals surface area contributed by atoms with E-state index >= 15 is 0 Å². The van der Waals surface area contributed by atoms with Crippen LogP contribution in [-0.2, 0) is 7.05 Å². The Morgan fingerprint density at radius 1 is 1.10 bits per heavy atom. The van der Waals surface area contributed by atoms with Crippen LogP contribution in [0.3, 0.4) is 0 Å². The SMILES string of the molecule is CCNC(=O)c1cc(NC(=O)c2ccccc2C2=CC=C(C(F)(F)F)CC2)cn1C. The molecule has 0 bridgehead atoms. The summed E-state index contributed by atoms with van der Waals surface area (Å²) in [5, 5.41) is 5.47. The lowest BCUT2D eigenvalue weighted by Gasteiger charge is -2.18. The molecule has 0 fully saturated rings. The Labute approximate surface area is 172 Å². The Hall–Kier alpha value is -3.29. The normalized spacial score (nSPS) is 14.0. The first-order valence-corrected chi connectivity index (χ1v) is 9.53. The maximum Gasteiger partial charge on any atom is 0.412 e. The highest BCUT2D eigenvalue weighted by Crippen LogP contribution is 2.36. The van der Waals surface area contributed by atoms with Crippen molar-refractivity contribution in [1.82, 2.24) is 9.88 Å². The Bertz CT molecular complexity index is 1030. The van der Waals surface area contributed by atoms with Crippen LogP contribution < -0.4 is 10.6 Å². The Kier molecular flexibility index (Phi) is 6.14. The number of nitrogens with one attached hydrogen (secondary N) is 2. The molecule has 158 valence electrons. The van der Waals surface area contributed by atoms with E-state index in [1.54, 1.807) is 48.1 Å². The Morgan fingerprint density at radius 2 is 1.83 bits per heavy atom. The topological polar surface area (TPSA) is 63.1 Å². The first-order chi connectivity index (χ1) is 14.2. The molecule has 5 nitrogen and oxygen atoms in total. The second kappa shape index (κ2) is 8.61. The first-order valence-electron chi connectivity index (χ1n) is 9.53. The van der Waals surface area contributed by atoms with Gasteiger partial charge in [0.1, 0.15) is 5.69 Å². The lowest BCUT2D eigenvalue weighted by atomic mass is 9.90. The molecular formula is C22H22F3N3O2. The number of aromatic nitrogens is 1. The zero-order valence-corrected chi connectivity index (χ0v) is 16.6. The number of anilines is 1. The zero-order valence-electron chi connectivity index (χ0n) is 16.6. The average Bonchev–Trinajstić information content (AvgIpc) is 3.07. The number of aryl methyl sites for hydroxylation is 1. The highest BCUT2D eigenvalue weighted by atomic mass is 19.4. The predicted molar refractivity (Wildman–Crippen MR) is 109 cm³/mol. The number of hydrogen-bond acceptors (Lipinski definition) is 2. The minimum atomic E-state index is -4.34. The van der Waals surface area contributed by atoms with E-state index in [-0.39, 0.29) is 18.7 Å². The molecule has 30 heavy (non-hydrogen) atoms. The van der Waals surface area contributed by atoms with E-state index in [1.807, 2.05) is 6.92 Å². The van der Waals surface area contributed by atoms with Crippen LogP contribution in [-0.4, -0.2) is 29.1 Å². The number of amides is 2. The third-order valence-corrected chi connectivity index (χ3v) is 4.86. The van der Waals surface area contributed by atoms with E-state index in [1.165, 1.54) is 6.08 Å². The van der Waals surface area contributed by atoms with Crippen molar-refractivity contribution in [3.8, 4) is 0 Å². The summed E-state index contributed by atoms with van der Waals surface area (Å²) in [5.74, 6) is -0.648. The molecule has 0 spiro atoms. The van der Waals surface area contributed by atoms with Crippen molar-refractivity contribution >= 4 is 23.1 Å². The van der Waals surface area contributed by atoms with Crippen LogP contribution in [0.5, 0.6) is 0 Å². The number of halogens is 3. The molecule has 3 rings (SSSR count). The van der Waals surface area contributed by atoms with Crippen molar-refractivity contribution in [2.24, 2.45) is 7.05 Å². The maximum atomic E-state index is 12.9. The number of carbonyl (C=O) groups excluding carboxylic acids is 2. The van der Waals surface area contributed by atoms with Gasteiger partial charge in [0.25, 0.3) is 11.8 Å². The number of hydrogen-bond donors (Lipinski definition) is 2. The highest BCUT2D eigenvalue weighted by molar-refractivity contribution is 6.08. The third kappa shape index (κ3) is 4.64. The Morgan fingerprint density at radius 3 is 2.47 bits per heavy atom. The van der Waals surface area contributed by atoms with E-state index < -0.39 is 17.7 Å². The monoisotopic (exact) mass is 417 g/mol. The van der Waals surface area contributed by atoms with Crippen LogP contribution in [0.4, 0.5) is 18.9 Å². The standard InChI is InChI=1S/C22H22F3N3O2/c1-3-26-21(30)19-12-16(13-28(19)2)27-20(29)18-7-5-4-6-17(18)14-8-10-15(11-9-14)22(23,24)25/h4-8,10,12-13H,3,9,11H2,1-2H3,(H,26,30)(H,27,29). The molecule has 0 saturated carbocycles. The van der Waals surface area contributed by atoms with E-state index in [9.17, 15) is 22.8 Å². The summed E-state index contributed by atoms with van der Waals surface area (Å²) in [6, 6.07) is 8.36. The molecule has 2 amide bonds. The third-order valence-electron chi connectivity index (χ3n) is 4.86. The molecule has 8 heteroatoms. The van der Waals surface area contributed by atoms with Gasteiger partial charge in [-0.15, -0.1) is 0 Å². The summed E-state index contributed by atoms with van der Waals surface area (Å²) >= 11 is 0. The molecule has 2 N–H and O–H groups in total. The number of nitrogens with zero attached hydrogens (tertiary/aromatic N) is 1. The first kappa shape index (κ1) is 21.4. The number of rotatable bonds is 5. The van der Waals surface area contributed by atoms with E-state index in [0.717, 1.165) is 6.08 Å². The average molecular weight is 417 g/mol. The maximum absolute atomic E-state index is 12.9. The fourth-order valence-corrected chi connectivity index (χ4v) is 3.37. The van der Waals surface area contributed by atoms with Gasteiger partial charge in [-0.3, -0.25) is 9.59 Å². The van der Waals surface area contributed by atoms with Crippen molar-refractivity contribution < 1.29 is 22.8 Å². The van der Waals surface area contributed by atoms with Crippen LogP contribution in [0.25, 0.3) is 5.57 Å². The van der Waals surface area contributed by atoms with Gasteiger partial charge in [-0.25, -0.2) is 0 Å². The van der Waals surface area contributed by atoms with Gasteiger partial charge in [-0.05, 0) is 43.0 Å². The molecule has 1 aliphatic carbocycles. The van der Waals surface area contributed by atoms with Crippen LogP contribution in [0.1, 0.15) is 46.2 Å². The van der Waals surface area contributed by atoms with Gasteiger partial charge in [0, 0.05) is 30.9 Å². The molecule has 0 atom stereocenters. The molecule has 0 unspecified atom stereocenters. The van der Waals surface area contributed by atoms with Crippen molar-refractivity contribution in [3.05, 3.63) is 71.1 Å². The second-order valence-corrected chi connectivity index (χ2v) is 6.97. The summed E-state index contributed by atoms with van der Waals surface area (Å²) in [5.41, 5.74) is 1.90. The van der Waals surface area contributed by atoms with Crippen LogP contribution >= 0.6 is 0 Å². The summed E-state index contributed by atoms with van der Waals surface area (Å²) < 4.78 is 40.2. The van der Waals surface area contributed by atoms with Crippen molar-refractivity contribution in [1.29, 1.82) is 0 Å². The van der Waals surface area contributed by atoms with Crippen LogP contribution in [0, 0.1) is 0 Å². The largest absolute Gasteiger partial charge is 0.412 e. The molecule has 1 heterocycles. The minimum Gasteiger partial charge on any atom is -0.351 e. The second-order valence-electron chi connectivity index (χ2n) is 6.97. The van der Waals surface area contributed by atoms with Gasteiger partial charge < -0.3 is 15.2 Å². The van der Waals surface area contributed by atoms with Crippen molar-refractivity contribution in [3.63, 3.8) is 0 Å². The Balaban J connectivity index is 1.84. The van der Waals surface area contributed by atoms with E-state index in [0.29, 0.717) is 34.6 Å². The molecule has 1 aromatic heterocycles. The lowest BCUT2D eigenvalue weighted by Crippen LogP contribution is -2.24. The van der Waals surface area contributed by atoms with Crippen LogP contribution in [0.2, 0.25) is 0 Å². The van der Waals surface area contributed by atoms with Gasteiger partial charge in [-0.1, -0.05) is 30.4 Å². The molecule has 2 aromatic rings. The smallest absolute Gasteiger partial charge is 0.351 e. The van der Waals surface area contributed by atoms with Gasteiger partial charge in [0.05, 0.1) is 5.69 Å². The molecular weight excluding hydrogens is 395 g/mol. The molecule has 0 aliphatic heterocycles. The summed E-state index contributed by atoms with van der Waals surface area (Å²) in [7, 11) is 1.70. The lowest BCUT2D eigenvalue weighted by molar-refractivity contribution is -0.0939. The summed E-state index contributed by atoms with van der Waals surface area (Å²) in [4.78, 5) is 24.9. The summed E-state index contributed by atoms with van der Waals surface area (Å²) in [6.07, 6.45) is -0.142. The fourth-order valence-electron chi connectivity index (χ4n) is 3.37. The van der Waals surface area contributed by atoms with Gasteiger partial charge in [0.2, 0.25) is 0 Å².